The zero-order valence-corrected chi connectivity index (χ0v) is 16.2. The molecule has 0 N–H and O–H groups in total. The van der Waals surface area contributed by atoms with Gasteiger partial charge in [0, 0.05) is 15.4 Å². The number of hydrogen-bond donors (Lipinski definition) is 0. The molecule has 0 saturated carbocycles. The second-order valence-electron chi connectivity index (χ2n) is 6.37. The summed E-state index contributed by atoms with van der Waals surface area (Å²) in [6, 6.07) is 24.7. The summed E-state index contributed by atoms with van der Waals surface area (Å²) < 4.78 is 2.34. The summed E-state index contributed by atoms with van der Waals surface area (Å²) in [6.07, 6.45) is 0. The van der Waals surface area contributed by atoms with E-state index < -0.39 is 0 Å². The zero-order valence-electron chi connectivity index (χ0n) is 14.6. The molecule has 5 rings (SSSR count). The maximum Gasteiger partial charge on any atom is 0.280 e. The standard InChI is InChI=1S/C22H13BrN4O/c23-15-11-9-14(10-12-15)20-13-17(16-5-1-2-6-18(16)24-20)22(28)27-21-8-4-3-7-19(21)25-26-27/h1-13H. The van der Waals surface area contributed by atoms with Crippen LogP contribution in [-0.2, 0) is 0 Å². The van der Waals surface area contributed by atoms with Crippen LogP contribution in [0.5, 0.6) is 0 Å². The van der Waals surface area contributed by atoms with Crippen molar-refractivity contribution in [2.45, 2.75) is 0 Å². The van der Waals surface area contributed by atoms with E-state index >= 15 is 0 Å². The van der Waals surface area contributed by atoms with Crippen LogP contribution in [0.4, 0.5) is 0 Å². The Labute approximate surface area is 168 Å². The molecule has 2 aromatic heterocycles. The van der Waals surface area contributed by atoms with Gasteiger partial charge in [-0.15, -0.1) is 5.10 Å². The van der Waals surface area contributed by atoms with E-state index in [1.165, 1.54) is 4.68 Å². The molecule has 0 fully saturated rings. The SMILES string of the molecule is O=C(c1cc(-c2ccc(Br)cc2)nc2ccccc12)n1nnc2ccccc21. The van der Waals surface area contributed by atoms with Crippen molar-refractivity contribution < 1.29 is 4.79 Å². The molecule has 0 atom stereocenters. The second kappa shape index (κ2) is 6.65. The first-order valence-electron chi connectivity index (χ1n) is 8.71. The van der Waals surface area contributed by atoms with Gasteiger partial charge in [-0.05, 0) is 36.4 Å². The lowest BCUT2D eigenvalue weighted by Gasteiger charge is -2.09. The van der Waals surface area contributed by atoms with Crippen molar-refractivity contribution in [2.75, 3.05) is 0 Å². The van der Waals surface area contributed by atoms with Gasteiger partial charge in [0.15, 0.2) is 0 Å². The third kappa shape index (κ3) is 2.78. The van der Waals surface area contributed by atoms with Crippen LogP contribution in [-0.4, -0.2) is 25.9 Å². The van der Waals surface area contributed by atoms with E-state index in [1.807, 2.05) is 78.9 Å². The van der Waals surface area contributed by atoms with Crippen molar-refractivity contribution >= 4 is 43.8 Å². The first-order chi connectivity index (χ1) is 13.7. The van der Waals surface area contributed by atoms with E-state index in [9.17, 15) is 4.79 Å². The van der Waals surface area contributed by atoms with Gasteiger partial charge < -0.3 is 0 Å². The number of para-hydroxylation sites is 2. The summed E-state index contributed by atoms with van der Waals surface area (Å²) in [5.74, 6) is -0.231. The Morgan fingerprint density at radius 1 is 0.857 bits per heavy atom. The molecule has 2 heterocycles. The van der Waals surface area contributed by atoms with Crippen molar-refractivity contribution in [2.24, 2.45) is 0 Å². The minimum Gasteiger partial charge on any atom is -0.267 e. The quantitative estimate of drug-likeness (QED) is 0.392. The van der Waals surface area contributed by atoms with E-state index in [1.54, 1.807) is 0 Å². The molecule has 5 aromatic rings. The Kier molecular flexibility index (Phi) is 3.98. The van der Waals surface area contributed by atoms with Crippen LogP contribution in [0.1, 0.15) is 10.4 Å². The average Bonchev–Trinajstić information content (AvgIpc) is 3.17. The molecule has 0 aliphatic carbocycles. The van der Waals surface area contributed by atoms with E-state index in [-0.39, 0.29) is 5.91 Å². The molecular formula is C22H13BrN4O. The number of pyridine rings is 1. The number of fused-ring (bicyclic) bond motifs is 2. The van der Waals surface area contributed by atoms with Crippen molar-refractivity contribution in [1.82, 2.24) is 20.0 Å². The zero-order chi connectivity index (χ0) is 19.1. The molecule has 0 aliphatic heterocycles. The molecule has 0 unspecified atom stereocenters. The van der Waals surface area contributed by atoms with Crippen molar-refractivity contribution in [1.29, 1.82) is 0 Å². The highest BCUT2D eigenvalue weighted by Crippen LogP contribution is 2.27. The molecule has 28 heavy (non-hydrogen) atoms. The highest BCUT2D eigenvalue weighted by molar-refractivity contribution is 9.10. The monoisotopic (exact) mass is 428 g/mol. The largest absolute Gasteiger partial charge is 0.280 e. The topological polar surface area (TPSA) is 60.7 Å². The lowest BCUT2D eigenvalue weighted by atomic mass is 10.0. The summed E-state index contributed by atoms with van der Waals surface area (Å²) >= 11 is 3.45. The Hall–Kier alpha value is -3.38. The number of carbonyl (C=O) groups is 1. The van der Waals surface area contributed by atoms with Gasteiger partial charge in [-0.3, -0.25) is 4.79 Å². The molecule has 5 nitrogen and oxygen atoms in total. The number of hydrogen-bond acceptors (Lipinski definition) is 4. The fraction of sp³-hybridized carbons (Fsp3) is 0. The first kappa shape index (κ1) is 16.8. The van der Waals surface area contributed by atoms with E-state index in [0.29, 0.717) is 16.6 Å². The maximum absolute atomic E-state index is 13.4. The average molecular weight is 429 g/mol. The molecule has 0 spiro atoms. The Balaban J connectivity index is 1.73. The van der Waals surface area contributed by atoms with E-state index in [2.05, 4.69) is 26.2 Å². The van der Waals surface area contributed by atoms with Gasteiger partial charge >= 0.3 is 0 Å². The normalized spacial score (nSPS) is 11.2. The minimum atomic E-state index is -0.231. The minimum absolute atomic E-state index is 0.231. The van der Waals surface area contributed by atoms with Gasteiger partial charge in [-0.1, -0.05) is 63.6 Å². The molecule has 0 bridgehead atoms. The highest BCUT2D eigenvalue weighted by Gasteiger charge is 2.18. The highest BCUT2D eigenvalue weighted by atomic mass is 79.9. The number of halogens is 1. The van der Waals surface area contributed by atoms with Crippen LogP contribution in [0.15, 0.2) is 83.3 Å². The van der Waals surface area contributed by atoms with Crippen LogP contribution < -0.4 is 0 Å². The van der Waals surface area contributed by atoms with Crippen LogP contribution in [0.25, 0.3) is 33.2 Å². The fourth-order valence-corrected chi connectivity index (χ4v) is 3.52. The molecule has 0 saturated heterocycles. The van der Waals surface area contributed by atoms with Crippen molar-refractivity contribution in [3.8, 4) is 11.3 Å². The first-order valence-corrected chi connectivity index (χ1v) is 9.51. The maximum atomic E-state index is 13.4. The Morgan fingerprint density at radius 3 is 2.39 bits per heavy atom. The van der Waals surface area contributed by atoms with Gasteiger partial charge in [0.2, 0.25) is 0 Å². The van der Waals surface area contributed by atoms with Gasteiger partial charge in [0.05, 0.1) is 22.3 Å². The van der Waals surface area contributed by atoms with E-state index in [4.69, 9.17) is 4.98 Å². The summed E-state index contributed by atoms with van der Waals surface area (Å²) in [7, 11) is 0. The Bertz CT molecular complexity index is 1340. The van der Waals surface area contributed by atoms with Crippen LogP contribution in [0.2, 0.25) is 0 Å². The Morgan fingerprint density at radius 2 is 1.57 bits per heavy atom. The molecule has 0 aliphatic rings. The molecule has 0 radical (unpaired) electrons. The van der Waals surface area contributed by atoms with Crippen LogP contribution in [0, 0.1) is 0 Å². The number of benzene rings is 3. The van der Waals surface area contributed by atoms with Gasteiger partial charge in [0.25, 0.3) is 5.91 Å². The molecule has 0 amide bonds. The van der Waals surface area contributed by atoms with Crippen LogP contribution >= 0.6 is 15.9 Å². The predicted molar refractivity (Wildman–Crippen MR) is 112 cm³/mol. The molecular weight excluding hydrogens is 416 g/mol. The number of rotatable bonds is 2. The third-order valence-corrected chi connectivity index (χ3v) is 5.16. The lowest BCUT2D eigenvalue weighted by Crippen LogP contribution is -2.14. The molecule has 3 aromatic carbocycles. The number of aromatic nitrogens is 4. The second-order valence-corrected chi connectivity index (χ2v) is 7.29. The fourth-order valence-electron chi connectivity index (χ4n) is 3.25. The van der Waals surface area contributed by atoms with Crippen LogP contribution in [0.3, 0.4) is 0 Å². The van der Waals surface area contributed by atoms with E-state index in [0.717, 1.165) is 26.6 Å². The molecule has 134 valence electrons. The summed E-state index contributed by atoms with van der Waals surface area (Å²) in [5.41, 5.74) is 4.33. The van der Waals surface area contributed by atoms with Crippen molar-refractivity contribution in [3.63, 3.8) is 0 Å². The van der Waals surface area contributed by atoms with Gasteiger partial charge in [-0.2, -0.15) is 4.68 Å². The summed E-state index contributed by atoms with van der Waals surface area (Å²) in [5, 5.41) is 8.97. The van der Waals surface area contributed by atoms with Gasteiger partial charge in [0.1, 0.15) is 5.52 Å². The third-order valence-electron chi connectivity index (χ3n) is 4.63. The lowest BCUT2D eigenvalue weighted by molar-refractivity contribution is 0.0950. The smallest absolute Gasteiger partial charge is 0.267 e. The molecule has 6 heteroatoms. The number of carbonyl (C=O) groups excluding carboxylic acids is 1. The number of nitrogens with zero attached hydrogens (tertiary/aromatic N) is 4. The summed E-state index contributed by atoms with van der Waals surface area (Å²) in [4.78, 5) is 18.1. The van der Waals surface area contributed by atoms with Gasteiger partial charge in [-0.25, -0.2) is 4.98 Å². The summed E-state index contributed by atoms with van der Waals surface area (Å²) in [6.45, 7) is 0. The predicted octanol–water partition coefficient (Wildman–Crippen LogP) is 5.10. The van der Waals surface area contributed by atoms with Crippen molar-refractivity contribution in [3.05, 3.63) is 88.9 Å².